The van der Waals surface area contributed by atoms with Crippen LogP contribution in [0.1, 0.15) is 48.3 Å². The summed E-state index contributed by atoms with van der Waals surface area (Å²) in [7, 11) is 0. The predicted octanol–water partition coefficient (Wildman–Crippen LogP) is 2.92. The lowest BCUT2D eigenvalue weighted by atomic mass is 9.94. The fourth-order valence-electron chi connectivity index (χ4n) is 3.71. The normalized spacial score (nSPS) is 19.5. The Labute approximate surface area is 146 Å². The summed E-state index contributed by atoms with van der Waals surface area (Å²) in [5, 5.41) is 10.0. The zero-order valence-corrected chi connectivity index (χ0v) is 14.4. The van der Waals surface area contributed by atoms with E-state index in [1.807, 2.05) is 25.1 Å². The minimum atomic E-state index is -0.190. The molecule has 0 saturated heterocycles. The number of aryl methyl sites for hydroxylation is 1. The Morgan fingerprint density at radius 3 is 3.08 bits per heavy atom. The Balaban J connectivity index is 1.33. The van der Waals surface area contributed by atoms with Crippen molar-refractivity contribution in [3.05, 3.63) is 46.8 Å². The molecule has 2 atom stereocenters. The van der Waals surface area contributed by atoms with Crippen LogP contribution in [0.25, 0.3) is 0 Å². The van der Waals surface area contributed by atoms with E-state index < -0.39 is 0 Å². The second-order valence-electron chi connectivity index (χ2n) is 6.81. The Hall–Kier alpha value is -2.50. The average molecular weight is 341 g/mol. The van der Waals surface area contributed by atoms with Gasteiger partial charge in [-0.2, -0.15) is 0 Å². The van der Waals surface area contributed by atoms with Crippen molar-refractivity contribution in [1.82, 2.24) is 15.8 Å². The number of carbonyl (C=O) groups is 1. The highest BCUT2D eigenvalue weighted by Crippen LogP contribution is 2.35. The van der Waals surface area contributed by atoms with Crippen molar-refractivity contribution in [3.8, 4) is 5.75 Å². The highest BCUT2D eigenvalue weighted by atomic mass is 16.5. The molecule has 0 radical (unpaired) electrons. The van der Waals surface area contributed by atoms with Crippen LogP contribution in [0.2, 0.25) is 0 Å². The molecule has 1 aromatic heterocycles. The third kappa shape index (κ3) is 3.21. The summed E-state index contributed by atoms with van der Waals surface area (Å²) in [6.07, 6.45) is 4.25. The molecule has 2 amide bonds. The summed E-state index contributed by atoms with van der Waals surface area (Å²) in [5.74, 6) is 2.06. The van der Waals surface area contributed by atoms with Gasteiger partial charge in [-0.1, -0.05) is 23.4 Å². The van der Waals surface area contributed by atoms with Gasteiger partial charge < -0.3 is 19.9 Å². The highest BCUT2D eigenvalue weighted by molar-refractivity contribution is 5.74. The standard InChI is InChI=1S/C19H23N3O3/c1-12(15-11-24-17-8-4-2-6-13(15)17)21-19(23)20-10-16-14-7-3-5-9-18(14)25-22-16/h2,4,6,8,12,15H,3,5,7,9-11H2,1H3,(H2,20,21,23)/t12-,15+/m0/s1. The number of benzene rings is 1. The van der Waals surface area contributed by atoms with Crippen LogP contribution in [0.4, 0.5) is 4.79 Å². The van der Waals surface area contributed by atoms with Crippen LogP contribution < -0.4 is 15.4 Å². The summed E-state index contributed by atoms with van der Waals surface area (Å²) in [5.41, 5.74) is 3.19. The number of nitrogens with zero attached hydrogens (tertiary/aromatic N) is 1. The quantitative estimate of drug-likeness (QED) is 0.896. The summed E-state index contributed by atoms with van der Waals surface area (Å²) in [6.45, 7) is 3.00. The molecule has 2 aromatic rings. The first-order valence-corrected chi connectivity index (χ1v) is 8.95. The third-order valence-electron chi connectivity index (χ3n) is 5.15. The maximum Gasteiger partial charge on any atom is 0.315 e. The van der Waals surface area contributed by atoms with Gasteiger partial charge in [-0.25, -0.2) is 4.79 Å². The molecule has 25 heavy (non-hydrogen) atoms. The topological polar surface area (TPSA) is 76.4 Å². The van der Waals surface area contributed by atoms with Crippen LogP contribution in [0.3, 0.4) is 0 Å². The minimum Gasteiger partial charge on any atom is -0.493 e. The molecule has 6 heteroatoms. The smallest absolute Gasteiger partial charge is 0.315 e. The average Bonchev–Trinajstić information content (AvgIpc) is 3.24. The van der Waals surface area contributed by atoms with Crippen LogP contribution in [-0.2, 0) is 19.4 Å². The first-order chi connectivity index (χ1) is 12.2. The zero-order chi connectivity index (χ0) is 17.2. The van der Waals surface area contributed by atoms with Crippen molar-refractivity contribution in [2.75, 3.05) is 6.61 Å². The number of amides is 2. The van der Waals surface area contributed by atoms with Gasteiger partial charge in [-0.05, 0) is 32.3 Å². The number of urea groups is 1. The molecular formula is C19H23N3O3. The van der Waals surface area contributed by atoms with Gasteiger partial charge in [0, 0.05) is 29.5 Å². The van der Waals surface area contributed by atoms with Gasteiger partial charge in [0.2, 0.25) is 0 Å². The maximum atomic E-state index is 12.3. The molecule has 6 nitrogen and oxygen atoms in total. The molecule has 132 valence electrons. The van der Waals surface area contributed by atoms with Crippen molar-refractivity contribution in [3.63, 3.8) is 0 Å². The molecule has 2 heterocycles. The Morgan fingerprint density at radius 2 is 2.16 bits per heavy atom. The predicted molar refractivity (Wildman–Crippen MR) is 92.7 cm³/mol. The molecule has 0 saturated carbocycles. The van der Waals surface area contributed by atoms with Gasteiger partial charge >= 0.3 is 6.03 Å². The van der Waals surface area contributed by atoms with E-state index in [9.17, 15) is 4.79 Å². The highest BCUT2D eigenvalue weighted by Gasteiger charge is 2.29. The molecule has 1 aliphatic heterocycles. The number of hydrogen-bond acceptors (Lipinski definition) is 4. The number of ether oxygens (including phenoxy) is 1. The number of hydrogen-bond donors (Lipinski definition) is 2. The van der Waals surface area contributed by atoms with E-state index in [-0.39, 0.29) is 18.0 Å². The number of fused-ring (bicyclic) bond motifs is 2. The van der Waals surface area contributed by atoms with Gasteiger partial charge in [0.25, 0.3) is 0 Å². The summed E-state index contributed by atoms with van der Waals surface area (Å²) in [6, 6.07) is 7.78. The number of nitrogens with one attached hydrogen (secondary N) is 2. The fraction of sp³-hybridized carbons (Fsp3) is 0.474. The van der Waals surface area contributed by atoms with E-state index in [0.29, 0.717) is 13.2 Å². The van der Waals surface area contributed by atoms with Gasteiger partial charge in [-0.3, -0.25) is 0 Å². The van der Waals surface area contributed by atoms with Crippen LogP contribution in [0, 0.1) is 0 Å². The van der Waals surface area contributed by atoms with Gasteiger partial charge in [0.1, 0.15) is 17.2 Å². The first kappa shape index (κ1) is 16.0. The second-order valence-corrected chi connectivity index (χ2v) is 6.81. The van der Waals surface area contributed by atoms with E-state index in [0.717, 1.165) is 48.5 Å². The van der Waals surface area contributed by atoms with Crippen LogP contribution >= 0.6 is 0 Å². The van der Waals surface area contributed by atoms with E-state index in [1.54, 1.807) is 0 Å². The molecule has 2 N–H and O–H groups in total. The number of para-hydroxylation sites is 1. The van der Waals surface area contributed by atoms with Crippen LogP contribution in [-0.4, -0.2) is 23.8 Å². The van der Waals surface area contributed by atoms with Crippen molar-refractivity contribution >= 4 is 6.03 Å². The van der Waals surface area contributed by atoms with E-state index in [2.05, 4.69) is 21.9 Å². The summed E-state index contributed by atoms with van der Waals surface area (Å²) in [4.78, 5) is 12.3. The molecule has 0 bridgehead atoms. The summed E-state index contributed by atoms with van der Waals surface area (Å²) >= 11 is 0. The van der Waals surface area contributed by atoms with E-state index >= 15 is 0 Å². The second kappa shape index (κ2) is 6.78. The molecule has 0 spiro atoms. The fourth-order valence-corrected chi connectivity index (χ4v) is 3.71. The van der Waals surface area contributed by atoms with Crippen molar-refractivity contribution < 1.29 is 14.1 Å². The van der Waals surface area contributed by atoms with Crippen molar-refractivity contribution in [2.45, 2.75) is 51.1 Å². The van der Waals surface area contributed by atoms with Crippen molar-refractivity contribution in [2.24, 2.45) is 0 Å². The zero-order valence-electron chi connectivity index (χ0n) is 14.4. The van der Waals surface area contributed by atoms with Crippen LogP contribution in [0.15, 0.2) is 28.8 Å². The molecule has 0 fully saturated rings. The van der Waals surface area contributed by atoms with Gasteiger partial charge in [-0.15, -0.1) is 0 Å². The lowest BCUT2D eigenvalue weighted by Crippen LogP contribution is -2.43. The van der Waals surface area contributed by atoms with Gasteiger partial charge in [0.05, 0.1) is 13.2 Å². The molecule has 4 rings (SSSR count). The van der Waals surface area contributed by atoms with Crippen LogP contribution in [0.5, 0.6) is 5.75 Å². The Bertz CT molecular complexity index is 771. The number of rotatable bonds is 4. The van der Waals surface area contributed by atoms with Gasteiger partial charge in [0.15, 0.2) is 0 Å². The largest absolute Gasteiger partial charge is 0.493 e. The summed E-state index contributed by atoms with van der Waals surface area (Å²) < 4.78 is 11.1. The molecule has 1 aromatic carbocycles. The van der Waals surface area contributed by atoms with E-state index in [4.69, 9.17) is 9.26 Å². The molecule has 0 unspecified atom stereocenters. The molecular weight excluding hydrogens is 318 g/mol. The number of aromatic nitrogens is 1. The molecule has 2 aliphatic rings. The maximum absolute atomic E-state index is 12.3. The number of carbonyl (C=O) groups excluding carboxylic acids is 1. The monoisotopic (exact) mass is 341 g/mol. The van der Waals surface area contributed by atoms with E-state index in [1.165, 1.54) is 5.56 Å². The lowest BCUT2D eigenvalue weighted by Gasteiger charge is -2.20. The minimum absolute atomic E-state index is 0.0186. The lowest BCUT2D eigenvalue weighted by molar-refractivity contribution is 0.232. The third-order valence-corrected chi connectivity index (χ3v) is 5.15. The van der Waals surface area contributed by atoms with Crippen molar-refractivity contribution in [1.29, 1.82) is 0 Å². The SMILES string of the molecule is C[C@H](NC(=O)NCc1noc2c1CCCC2)[C@H]1COc2ccccc21. The Kier molecular flexibility index (Phi) is 4.34. The first-order valence-electron chi connectivity index (χ1n) is 8.95. The molecule has 1 aliphatic carbocycles. The Morgan fingerprint density at radius 1 is 1.32 bits per heavy atom.